The normalized spacial score (nSPS) is 10.5. The first-order chi connectivity index (χ1) is 13.1. The number of hydrogen-bond donors (Lipinski definition) is 1. The largest absolute Gasteiger partial charge is 0.504 e. The van der Waals surface area contributed by atoms with Gasteiger partial charge in [0.25, 0.3) is 0 Å². The van der Waals surface area contributed by atoms with Gasteiger partial charge in [0.05, 0.1) is 41.2 Å². The number of phenolic OH excluding ortho intramolecular Hbond substituents is 1. The van der Waals surface area contributed by atoms with E-state index in [-0.39, 0.29) is 5.75 Å². The smallest absolute Gasteiger partial charge is 0.203 e. The van der Waals surface area contributed by atoms with Gasteiger partial charge in [-0.05, 0) is 35.9 Å². The molecule has 0 unspecified atom stereocenters. The van der Waals surface area contributed by atoms with Crippen molar-refractivity contribution in [3.63, 3.8) is 0 Å². The predicted octanol–water partition coefficient (Wildman–Crippen LogP) is 2.73. The van der Waals surface area contributed by atoms with Crippen LogP contribution in [-0.2, 0) is 6.54 Å². The molecule has 8 heteroatoms. The van der Waals surface area contributed by atoms with Crippen LogP contribution in [0.15, 0.2) is 36.5 Å². The summed E-state index contributed by atoms with van der Waals surface area (Å²) in [7, 11) is 6.21. The molecule has 1 N–H and O–H groups in total. The summed E-state index contributed by atoms with van der Waals surface area (Å²) in [6, 6.07) is 8.81. The number of rotatable bonds is 7. The van der Waals surface area contributed by atoms with Crippen LogP contribution in [0, 0.1) is 0 Å². The van der Waals surface area contributed by atoms with E-state index in [1.54, 1.807) is 44.3 Å². The van der Waals surface area contributed by atoms with Gasteiger partial charge in [0, 0.05) is 5.56 Å². The lowest BCUT2D eigenvalue weighted by atomic mass is 10.1. The lowest BCUT2D eigenvalue weighted by Gasteiger charge is -2.14. The SMILES string of the molecule is COc1ccc(-c2cn(Cc3cc(OC)c(OC)c(OC)c3)nn2)cc1O. The van der Waals surface area contributed by atoms with Gasteiger partial charge in [0.1, 0.15) is 5.69 Å². The first-order valence-electron chi connectivity index (χ1n) is 8.16. The van der Waals surface area contributed by atoms with Gasteiger partial charge in [0.2, 0.25) is 5.75 Å². The molecular formula is C19H21N3O5. The van der Waals surface area contributed by atoms with Crippen LogP contribution < -0.4 is 18.9 Å². The van der Waals surface area contributed by atoms with Crippen LogP contribution in [0.1, 0.15) is 5.56 Å². The third-order valence-electron chi connectivity index (χ3n) is 4.08. The van der Waals surface area contributed by atoms with Crippen molar-refractivity contribution < 1.29 is 24.1 Å². The summed E-state index contributed by atoms with van der Waals surface area (Å²) in [6.07, 6.45) is 1.80. The molecule has 0 bridgehead atoms. The zero-order chi connectivity index (χ0) is 19.4. The van der Waals surface area contributed by atoms with Crippen LogP contribution in [-0.4, -0.2) is 48.5 Å². The molecule has 0 saturated heterocycles. The second-order valence-electron chi connectivity index (χ2n) is 5.72. The van der Waals surface area contributed by atoms with Crippen molar-refractivity contribution in [2.75, 3.05) is 28.4 Å². The number of phenols is 1. The van der Waals surface area contributed by atoms with Crippen LogP contribution in [0.25, 0.3) is 11.3 Å². The number of hydrogen-bond acceptors (Lipinski definition) is 7. The Balaban J connectivity index is 1.87. The van der Waals surface area contributed by atoms with E-state index in [4.69, 9.17) is 18.9 Å². The van der Waals surface area contributed by atoms with Crippen LogP contribution in [0.3, 0.4) is 0 Å². The van der Waals surface area contributed by atoms with Gasteiger partial charge in [-0.25, -0.2) is 4.68 Å². The molecule has 3 rings (SSSR count). The highest BCUT2D eigenvalue weighted by molar-refractivity contribution is 5.62. The van der Waals surface area contributed by atoms with Crippen LogP contribution >= 0.6 is 0 Å². The number of ether oxygens (including phenoxy) is 4. The van der Waals surface area contributed by atoms with Gasteiger partial charge in [-0.3, -0.25) is 0 Å². The molecule has 1 aromatic heterocycles. The molecule has 0 fully saturated rings. The topological polar surface area (TPSA) is 87.9 Å². The number of aromatic hydroxyl groups is 1. The molecule has 0 aliphatic carbocycles. The number of methoxy groups -OCH3 is 4. The highest BCUT2D eigenvalue weighted by atomic mass is 16.5. The summed E-state index contributed by atoms with van der Waals surface area (Å²) in [5, 5.41) is 18.3. The molecule has 3 aromatic rings. The van der Waals surface area contributed by atoms with Crippen molar-refractivity contribution in [2.45, 2.75) is 6.54 Å². The first kappa shape index (κ1) is 18.4. The molecule has 0 atom stereocenters. The van der Waals surface area contributed by atoms with E-state index in [9.17, 15) is 5.11 Å². The van der Waals surface area contributed by atoms with Gasteiger partial charge in [-0.2, -0.15) is 0 Å². The van der Waals surface area contributed by atoms with Gasteiger partial charge < -0.3 is 24.1 Å². The summed E-state index contributed by atoms with van der Waals surface area (Å²) >= 11 is 0. The average Bonchev–Trinajstić information content (AvgIpc) is 3.15. The Hall–Kier alpha value is -3.42. The van der Waals surface area contributed by atoms with Crippen molar-refractivity contribution in [1.82, 2.24) is 15.0 Å². The second-order valence-corrected chi connectivity index (χ2v) is 5.72. The lowest BCUT2D eigenvalue weighted by molar-refractivity contribution is 0.323. The zero-order valence-electron chi connectivity index (χ0n) is 15.6. The lowest BCUT2D eigenvalue weighted by Crippen LogP contribution is -2.03. The Bertz CT molecular complexity index is 914. The van der Waals surface area contributed by atoms with Gasteiger partial charge in [0.15, 0.2) is 23.0 Å². The molecule has 2 aromatic carbocycles. The molecule has 0 amide bonds. The number of nitrogens with zero attached hydrogens (tertiary/aromatic N) is 3. The minimum absolute atomic E-state index is 0.0502. The Morgan fingerprint density at radius 1 is 0.889 bits per heavy atom. The first-order valence-corrected chi connectivity index (χ1v) is 8.16. The zero-order valence-corrected chi connectivity index (χ0v) is 15.6. The number of aromatic nitrogens is 3. The van der Waals surface area contributed by atoms with Crippen molar-refractivity contribution in [3.05, 3.63) is 42.1 Å². The standard InChI is InChI=1S/C19H21N3O5/c1-24-16-6-5-13(9-15(16)23)14-11-22(21-20-14)10-12-7-17(25-2)19(27-4)18(8-12)26-3/h5-9,11,23H,10H2,1-4H3. The summed E-state index contributed by atoms with van der Waals surface area (Å²) in [6.45, 7) is 0.464. The summed E-state index contributed by atoms with van der Waals surface area (Å²) in [4.78, 5) is 0. The third-order valence-corrected chi connectivity index (χ3v) is 4.08. The van der Waals surface area contributed by atoms with E-state index < -0.39 is 0 Å². The Morgan fingerprint density at radius 3 is 2.11 bits per heavy atom. The monoisotopic (exact) mass is 371 g/mol. The van der Waals surface area contributed by atoms with E-state index in [0.717, 1.165) is 11.1 Å². The van der Waals surface area contributed by atoms with E-state index in [1.165, 1.54) is 7.11 Å². The molecule has 0 radical (unpaired) electrons. The van der Waals surface area contributed by atoms with Crippen LogP contribution in [0.5, 0.6) is 28.7 Å². The summed E-state index contributed by atoms with van der Waals surface area (Å²) < 4.78 is 22.8. The van der Waals surface area contributed by atoms with E-state index in [2.05, 4.69) is 10.3 Å². The highest BCUT2D eigenvalue weighted by Crippen LogP contribution is 2.38. The van der Waals surface area contributed by atoms with E-state index in [1.807, 2.05) is 18.2 Å². The van der Waals surface area contributed by atoms with Gasteiger partial charge in [-0.15, -0.1) is 5.10 Å². The summed E-state index contributed by atoms with van der Waals surface area (Å²) in [5.74, 6) is 2.15. The maximum absolute atomic E-state index is 9.94. The van der Waals surface area contributed by atoms with Gasteiger partial charge in [-0.1, -0.05) is 5.21 Å². The molecule has 0 spiro atoms. The fourth-order valence-corrected chi connectivity index (χ4v) is 2.77. The molecular weight excluding hydrogens is 350 g/mol. The van der Waals surface area contributed by atoms with Crippen LogP contribution in [0.2, 0.25) is 0 Å². The Labute approximate surface area is 156 Å². The molecule has 1 heterocycles. The van der Waals surface area contributed by atoms with Crippen molar-refractivity contribution >= 4 is 0 Å². The Kier molecular flexibility index (Phi) is 5.35. The van der Waals surface area contributed by atoms with Crippen molar-refractivity contribution in [2.24, 2.45) is 0 Å². The molecule has 0 aliphatic heterocycles. The minimum Gasteiger partial charge on any atom is -0.504 e. The number of benzene rings is 2. The summed E-state index contributed by atoms with van der Waals surface area (Å²) in [5.41, 5.74) is 2.29. The molecule has 0 aliphatic rings. The quantitative estimate of drug-likeness (QED) is 0.683. The van der Waals surface area contributed by atoms with Crippen molar-refractivity contribution in [1.29, 1.82) is 0 Å². The Morgan fingerprint density at radius 2 is 1.56 bits per heavy atom. The maximum Gasteiger partial charge on any atom is 0.203 e. The molecule has 8 nitrogen and oxygen atoms in total. The van der Waals surface area contributed by atoms with Crippen LogP contribution in [0.4, 0.5) is 0 Å². The molecule has 0 saturated carbocycles. The third kappa shape index (κ3) is 3.74. The van der Waals surface area contributed by atoms with E-state index >= 15 is 0 Å². The highest BCUT2D eigenvalue weighted by Gasteiger charge is 2.14. The molecule has 27 heavy (non-hydrogen) atoms. The van der Waals surface area contributed by atoms with E-state index in [0.29, 0.717) is 35.2 Å². The molecule has 142 valence electrons. The fourth-order valence-electron chi connectivity index (χ4n) is 2.77. The van der Waals surface area contributed by atoms with Gasteiger partial charge >= 0.3 is 0 Å². The fraction of sp³-hybridized carbons (Fsp3) is 0.263. The average molecular weight is 371 g/mol. The predicted molar refractivity (Wildman–Crippen MR) is 98.9 cm³/mol. The minimum atomic E-state index is 0.0502. The second kappa shape index (κ2) is 7.86. The maximum atomic E-state index is 9.94. The van der Waals surface area contributed by atoms with Crippen molar-refractivity contribution in [3.8, 4) is 40.0 Å².